The molecule has 0 unspecified atom stereocenters. The molecule has 4 nitrogen and oxygen atoms in total. The molecule has 1 N–H and O–H groups in total. The number of carbonyl (C=O) groups excluding carboxylic acids is 1. The summed E-state index contributed by atoms with van der Waals surface area (Å²) in [5.41, 5.74) is 1.68. The van der Waals surface area contributed by atoms with E-state index in [-0.39, 0.29) is 5.91 Å². The van der Waals surface area contributed by atoms with Crippen LogP contribution in [0.1, 0.15) is 17.2 Å². The zero-order valence-electron chi connectivity index (χ0n) is 12.6. The average molecular weight is 332 g/mol. The van der Waals surface area contributed by atoms with E-state index in [1.54, 1.807) is 29.2 Å². The Bertz CT molecular complexity index is 660. The molecule has 0 aromatic heterocycles. The van der Waals surface area contributed by atoms with E-state index in [1.165, 1.54) is 0 Å². The highest BCUT2D eigenvalue weighted by atomic mass is 35.5. The number of carbonyl (C=O) groups is 1. The first kappa shape index (κ1) is 16.0. The summed E-state index contributed by atoms with van der Waals surface area (Å²) >= 11 is 5.86. The number of hydrogen-bond acceptors (Lipinski definition) is 3. The van der Waals surface area contributed by atoms with Gasteiger partial charge < -0.3 is 14.7 Å². The van der Waals surface area contributed by atoms with Crippen molar-refractivity contribution in [1.82, 2.24) is 4.90 Å². The molecule has 0 spiro atoms. The van der Waals surface area contributed by atoms with Gasteiger partial charge in [-0.05, 0) is 23.3 Å². The van der Waals surface area contributed by atoms with Crippen LogP contribution in [0.15, 0.2) is 54.6 Å². The van der Waals surface area contributed by atoms with E-state index in [2.05, 4.69) is 0 Å². The summed E-state index contributed by atoms with van der Waals surface area (Å²) in [4.78, 5) is 14.4. The van der Waals surface area contributed by atoms with Crippen LogP contribution in [-0.4, -0.2) is 35.2 Å². The Hall–Kier alpha value is -1.88. The molecule has 2 atom stereocenters. The fourth-order valence-electron chi connectivity index (χ4n) is 2.67. The van der Waals surface area contributed by atoms with Gasteiger partial charge in [0.1, 0.15) is 6.10 Å². The molecule has 3 rings (SSSR count). The zero-order chi connectivity index (χ0) is 16.2. The number of morpholine rings is 1. The van der Waals surface area contributed by atoms with Crippen LogP contribution in [0.4, 0.5) is 0 Å². The lowest BCUT2D eigenvalue weighted by Crippen LogP contribution is -2.49. The van der Waals surface area contributed by atoms with Crippen LogP contribution in [0.2, 0.25) is 5.02 Å². The van der Waals surface area contributed by atoms with Crippen molar-refractivity contribution in [3.63, 3.8) is 0 Å². The molecule has 1 aliphatic heterocycles. The molecule has 1 saturated heterocycles. The van der Waals surface area contributed by atoms with Crippen molar-refractivity contribution in [1.29, 1.82) is 0 Å². The monoisotopic (exact) mass is 331 g/mol. The maximum atomic E-state index is 12.6. The minimum Gasteiger partial charge on any atom is -0.385 e. The van der Waals surface area contributed by atoms with Gasteiger partial charge in [-0.25, -0.2) is 0 Å². The van der Waals surface area contributed by atoms with E-state index in [0.29, 0.717) is 30.3 Å². The quantitative estimate of drug-likeness (QED) is 0.937. The summed E-state index contributed by atoms with van der Waals surface area (Å²) < 4.78 is 5.53. The van der Waals surface area contributed by atoms with Crippen molar-refractivity contribution in [2.75, 3.05) is 13.2 Å². The molecule has 23 heavy (non-hydrogen) atoms. The van der Waals surface area contributed by atoms with Crippen molar-refractivity contribution in [3.05, 3.63) is 70.7 Å². The third-order valence-electron chi connectivity index (χ3n) is 3.93. The van der Waals surface area contributed by atoms with Crippen LogP contribution in [0.25, 0.3) is 0 Å². The molecular formula is C18H18ClNO3. The molecule has 5 heteroatoms. The number of hydrogen-bond donors (Lipinski definition) is 1. The fraction of sp³-hybridized carbons (Fsp3) is 0.278. The summed E-state index contributed by atoms with van der Waals surface area (Å²) in [5, 5.41) is 11.1. The lowest BCUT2D eigenvalue weighted by Gasteiger charge is -2.34. The number of aliphatic hydroxyl groups excluding tert-OH is 1. The minimum absolute atomic E-state index is 0.192. The van der Waals surface area contributed by atoms with Crippen molar-refractivity contribution in [3.8, 4) is 0 Å². The van der Waals surface area contributed by atoms with Crippen LogP contribution in [0.3, 0.4) is 0 Å². The Morgan fingerprint density at radius 2 is 1.87 bits per heavy atom. The van der Waals surface area contributed by atoms with Crippen molar-refractivity contribution in [2.45, 2.75) is 18.8 Å². The van der Waals surface area contributed by atoms with E-state index < -0.39 is 12.2 Å². The SMILES string of the molecule is O=C1[C@H]([C@H](O)c2ccc(Cl)cc2)OCCN1Cc1ccccc1. The third kappa shape index (κ3) is 3.72. The molecule has 1 fully saturated rings. The minimum atomic E-state index is -1.00. The van der Waals surface area contributed by atoms with E-state index in [9.17, 15) is 9.90 Å². The van der Waals surface area contributed by atoms with E-state index in [4.69, 9.17) is 16.3 Å². The van der Waals surface area contributed by atoms with Gasteiger partial charge in [-0.15, -0.1) is 0 Å². The van der Waals surface area contributed by atoms with E-state index in [0.717, 1.165) is 5.56 Å². The number of ether oxygens (including phenoxy) is 1. The van der Waals surface area contributed by atoms with Crippen molar-refractivity contribution >= 4 is 17.5 Å². The predicted octanol–water partition coefficient (Wildman–Crippen LogP) is 2.80. The molecule has 0 saturated carbocycles. The molecule has 0 bridgehead atoms. The molecule has 1 aliphatic rings. The van der Waals surface area contributed by atoms with Crippen LogP contribution < -0.4 is 0 Å². The van der Waals surface area contributed by atoms with Crippen LogP contribution in [0, 0.1) is 0 Å². The predicted molar refractivity (Wildman–Crippen MR) is 88.0 cm³/mol. The zero-order valence-corrected chi connectivity index (χ0v) is 13.3. The standard InChI is InChI=1S/C18H18ClNO3/c19-15-8-6-14(7-9-15)16(21)17-18(22)20(10-11-23-17)12-13-4-2-1-3-5-13/h1-9,16-17,21H,10-12H2/t16-,17+/m1/s1. The summed E-state index contributed by atoms with van der Waals surface area (Å²) in [5.74, 6) is -0.192. The maximum absolute atomic E-state index is 12.6. The van der Waals surface area contributed by atoms with Crippen LogP contribution >= 0.6 is 11.6 Å². The molecule has 0 radical (unpaired) electrons. The third-order valence-corrected chi connectivity index (χ3v) is 4.18. The average Bonchev–Trinajstić information content (AvgIpc) is 2.58. The van der Waals surface area contributed by atoms with Gasteiger partial charge in [-0.1, -0.05) is 54.1 Å². The van der Waals surface area contributed by atoms with Gasteiger partial charge in [0.2, 0.25) is 0 Å². The molecule has 0 aliphatic carbocycles. The topological polar surface area (TPSA) is 49.8 Å². The van der Waals surface area contributed by atoms with Gasteiger partial charge in [0, 0.05) is 18.1 Å². The van der Waals surface area contributed by atoms with Crippen molar-refractivity contribution < 1.29 is 14.6 Å². The van der Waals surface area contributed by atoms with Gasteiger partial charge in [0.25, 0.3) is 5.91 Å². The lowest BCUT2D eigenvalue weighted by atomic mass is 10.0. The number of aliphatic hydroxyl groups is 1. The second kappa shape index (κ2) is 7.13. The summed E-state index contributed by atoms with van der Waals surface area (Å²) in [7, 11) is 0. The van der Waals surface area contributed by atoms with Crippen LogP contribution in [-0.2, 0) is 16.1 Å². The summed E-state index contributed by atoms with van der Waals surface area (Å²) in [6.45, 7) is 1.46. The smallest absolute Gasteiger partial charge is 0.255 e. The normalized spacial score (nSPS) is 19.7. The fourth-order valence-corrected chi connectivity index (χ4v) is 2.80. The molecule has 1 amide bonds. The number of benzene rings is 2. The number of halogens is 1. The number of nitrogens with zero attached hydrogens (tertiary/aromatic N) is 1. The van der Waals surface area contributed by atoms with Gasteiger partial charge >= 0.3 is 0 Å². The second-order valence-electron chi connectivity index (χ2n) is 5.53. The summed E-state index contributed by atoms with van der Waals surface area (Å²) in [6.07, 6.45) is -1.88. The van der Waals surface area contributed by atoms with Crippen LogP contribution in [0.5, 0.6) is 0 Å². The highest BCUT2D eigenvalue weighted by Crippen LogP contribution is 2.25. The largest absolute Gasteiger partial charge is 0.385 e. The first-order valence-electron chi connectivity index (χ1n) is 7.53. The first-order valence-corrected chi connectivity index (χ1v) is 7.91. The van der Waals surface area contributed by atoms with Gasteiger partial charge in [-0.3, -0.25) is 4.79 Å². The van der Waals surface area contributed by atoms with Gasteiger partial charge in [0.15, 0.2) is 6.10 Å². The Balaban J connectivity index is 1.72. The first-order chi connectivity index (χ1) is 11.1. The molecule has 1 heterocycles. The molecule has 2 aromatic carbocycles. The molecular weight excluding hydrogens is 314 g/mol. The van der Waals surface area contributed by atoms with Crippen molar-refractivity contribution in [2.24, 2.45) is 0 Å². The summed E-state index contributed by atoms with van der Waals surface area (Å²) in [6, 6.07) is 16.6. The number of amides is 1. The maximum Gasteiger partial charge on any atom is 0.255 e. The molecule has 2 aromatic rings. The Labute approximate surface area is 140 Å². The van der Waals surface area contributed by atoms with Gasteiger partial charge in [-0.2, -0.15) is 0 Å². The molecule has 120 valence electrons. The van der Waals surface area contributed by atoms with E-state index in [1.807, 2.05) is 30.3 Å². The highest BCUT2D eigenvalue weighted by Gasteiger charge is 2.35. The Morgan fingerprint density at radius 1 is 1.17 bits per heavy atom. The highest BCUT2D eigenvalue weighted by molar-refractivity contribution is 6.30. The Kier molecular flexibility index (Phi) is 4.96. The second-order valence-corrected chi connectivity index (χ2v) is 5.97. The lowest BCUT2D eigenvalue weighted by molar-refractivity contribution is -0.164. The number of rotatable bonds is 4. The Morgan fingerprint density at radius 3 is 2.57 bits per heavy atom. The van der Waals surface area contributed by atoms with Gasteiger partial charge in [0.05, 0.1) is 6.61 Å². The van der Waals surface area contributed by atoms with E-state index >= 15 is 0 Å².